The summed E-state index contributed by atoms with van der Waals surface area (Å²) in [5, 5.41) is 11.8. The number of aliphatic hydroxyl groups is 1. The monoisotopic (exact) mass is 514 g/mol. The third-order valence-electron chi connectivity index (χ3n) is 6.24. The van der Waals surface area contributed by atoms with E-state index in [1.165, 1.54) is 16.2 Å². The Hall–Kier alpha value is -4.37. The van der Waals surface area contributed by atoms with Gasteiger partial charge in [-0.25, -0.2) is 4.98 Å². The Labute approximate surface area is 216 Å². The first-order valence-electron chi connectivity index (χ1n) is 11.8. The smallest absolute Gasteiger partial charge is 0.301 e. The maximum Gasteiger partial charge on any atom is 0.301 e. The quantitative estimate of drug-likeness (QED) is 0.225. The van der Waals surface area contributed by atoms with Crippen LogP contribution in [0.4, 0.5) is 5.13 Å². The average molecular weight is 515 g/mol. The minimum Gasteiger partial charge on any atom is -0.507 e. The van der Waals surface area contributed by atoms with E-state index in [2.05, 4.69) is 4.98 Å². The first-order chi connectivity index (χ1) is 18.0. The zero-order valence-electron chi connectivity index (χ0n) is 19.8. The molecule has 2 aliphatic rings. The Kier molecular flexibility index (Phi) is 5.77. The molecule has 0 spiro atoms. The first kappa shape index (κ1) is 23.1. The molecule has 1 fully saturated rings. The van der Waals surface area contributed by atoms with Gasteiger partial charge < -0.3 is 19.3 Å². The fourth-order valence-electron chi connectivity index (χ4n) is 4.58. The standard InChI is InChI=1S/C28H22N2O6S/c1-2-34-18-9-10-19-22(15-18)37-28(29-19)30-24(16-6-4-3-5-7-16)23(26(32)27(30)33)25(31)17-8-11-20-21(14-17)36-13-12-35-20/h3-11,14-15,24,31H,2,12-13H2,1H3/b25-23+. The van der Waals surface area contributed by atoms with Gasteiger partial charge in [0.05, 0.1) is 28.4 Å². The van der Waals surface area contributed by atoms with E-state index in [1.807, 2.05) is 55.5 Å². The molecule has 1 atom stereocenters. The molecule has 1 N–H and O–H groups in total. The Bertz CT molecular complexity index is 1560. The van der Waals surface area contributed by atoms with Crippen LogP contribution in [0.3, 0.4) is 0 Å². The lowest BCUT2D eigenvalue weighted by Crippen LogP contribution is -2.29. The minimum atomic E-state index is -0.860. The number of hydrogen-bond donors (Lipinski definition) is 1. The number of carbonyl (C=O) groups excluding carboxylic acids is 2. The predicted octanol–water partition coefficient (Wildman–Crippen LogP) is 5.09. The lowest BCUT2D eigenvalue weighted by molar-refractivity contribution is -0.132. The first-order valence-corrected chi connectivity index (χ1v) is 12.7. The Morgan fingerprint density at radius 3 is 2.62 bits per heavy atom. The highest BCUT2D eigenvalue weighted by atomic mass is 32.1. The molecule has 1 aromatic heterocycles. The van der Waals surface area contributed by atoms with Gasteiger partial charge in [-0.15, -0.1) is 0 Å². The number of hydrogen-bond acceptors (Lipinski definition) is 8. The molecule has 37 heavy (non-hydrogen) atoms. The number of ketones is 1. The molecule has 0 radical (unpaired) electrons. The highest BCUT2D eigenvalue weighted by molar-refractivity contribution is 7.22. The van der Waals surface area contributed by atoms with E-state index in [-0.39, 0.29) is 11.3 Å². The van der Waals surface area contributed by atoms with Crippen LogP contribution in [0.25, 0.3) is 16.0 Å². The molecular weight excluding hydrogens is 492 g/mol. The van der Waals surface area contributed by atoms with Gasteiger partial charge in [-0.1, -0.05) is 41.7 Å². The molecule has 0 bridgehead atoms. The number of anilines is 1. The summed E-state index contributed by atoms with van der Waals surface area (Å²) in [4.78, 5) is 32.9. The van der Waals surface area contributed by atoms with Crippen molar-refractivity contribution in [1.29, 1.82) is 0 Å². The summed E-state index contributed by atoms with van der Waals surface area (Å²) in [6.45, 7) is 3.25. The third-order valence-corrected chi connectivity index (χ3v) is 7.26. The van der Waals surface area contributed by atoms with Gasteiger partial charge in [0, 0.05) is 5.56 Å². The second-order valence-corrected chi connectivity index (χ2v) is 9.51. The van der Waals surface area contributed by atoms with Crippen LogP contribution in [0, 0.1) is 0 Å². The van der Waals surface area contributed by atoms with Crippen molar-refractivity contribution < 1.29 is 28.9 Å². The van der Waals surface area contributed by atoms with Crippen LogP contribution < -0.4 is 19.1 Å². The number of benzene rings is 3. The number of rotatable bonds is 5. The summed E-state index contributed by atoms with van der Waals surface area (Å²) >= 11 is 1.29. The summed E-state index contributed by atoms with van der Waals surface area (Å²) in [6, 6.07) is 18.7. The van der Waals surface area contributed by atoms with Crippen LogP contribution in [0.5, 0.6) is 17.2 Å². The van der Waals surface area contributed by atoms with Crippen molar-refractivity contribution in [2.75, 3.05) is 24.7 Å². The second kappa shape index (κ2) is 9.25. The number of aromatic nitrogens is 1. The second-order valence-electron chi connectivity index (χ2n) is 8.50. The molecule has 6 rings (SSSR count). The highest BCUT2D eigenvalue weighted by Crippen LogP contribution is 2.45. The largest absolute Gasteiger partial charge is 0.507 e. The fourth-order valence-corrected chi connectivity index (χ4v) is 5.60. The van der Waals surface area contributed by atoms with Gasteiger partial charge in [-0.05, 0) is 48.9 Å². The van der Waals surface area contributed by atoms with Gasteiger partial charge in [0.25, 0.3) is 5.78 Å². The van der Waals surface area contributed by atoms with Crippen LogP contribution in [-0.4, -0.2) is 41.6 Å². The minimum absolute atomic E-state index is 0.0119. The average Bonchev–Trinajstić information content (AvgIpc) is 3.46. The molecule has 3 heterocycles. The van der Waals surface area contributed by atoms with Crippen molar-refractivity contribution in [3.8, 4) is 17.2 Å². The number of nitrogens with zero attached hydrogens (tertiary/aromatic N) is 2. The van der Waals surface area contributed by atoms with Crippen molar-refractivity contribution in [2.45, 2.75) is 13.0 Å². The molecule has 8 nitrogen and oxygen atoms in total. The molecule has 3 aromatic carbocycles. The number of aliphatic hydroxyl groups excluding tert-OH is 1. The molecule has 1 unspecified atom stereocenters. The maximum absolute atomic E-state index is 13.4. The predicted molar refractivity (Wildman–Crippen MR) is 139 cm³/mol. The molecule has 2 aliphatic heterocycles. The topological polar surface area (TPSA) is 98.2 Å². The van der Waals surface area contributed by atoms with E-state index < -0.39 is 17.7 Å². The van der Waals surface area contributed by atoms with Gasteiger partial charge in [-0.3, -0.25) is 14.5 Å². The Balaban J connectivity index is 1.50. The fraction of sp³-hybridized carbons (Fsp3) is 0.179. The van der Waals surface area contributed by atoms with Crippen LogP contribution in [0.15, 0.2) is 72.3 Å². The zero-order valence-corrected chi connectivity index (χ0v) is 20.7. The summed E-state index contributed by atoms with van der Waals surface area (Å²) in [6.07, 6.45) is 0. The normalized spacial score (nSPS) is 18.4. The highest BCUT2D eigenvalue weighted by Gasteiger charge is 2.48. The number of Topliss-reactive ketones (excluding diaryl/α,β-unsaturated/α-hetero) is 1. The molecule has 0 aliphatic carbocycles. The van der Waals surface area contributed by atoms with E-state index in [0.29, 0.717) is 58.8 Å². The van der Waals surface area contributed by atoms with Crippen LogP contribution >= 0.6 is 11.3 Å². The van der Waals surface area contributed by atoms with Crippen LogP contribution in [-0.2, 0) is 9.59 Å². The van der Waals surface area contributed by atoms with E-state index >= 15 is 0 Å². The van der Waals surface area contributed by atoms with E-state index in [0.717, 1.165) is 4.70 Å². The van der Waals surface area contributed by atoms with Crippen molar-refractivity contribution in [3.63, 3.8) is 0 Å². The number of fused-ring (bicyclic) bond motifs is 2. The lowest BCUT2D eigenvalue weighted by atomic mass is 9.95. The third kappa shape index (κ3) is 3.97. The molecule has 0 saturated carbocycles. The van der Waals surface area contributed by atoms with E-state index in [9.17, 15) is 14.7 Å². The molecule has 9 heteroatoms. The summed E-state index contributed by atoms with van der Waals surface area (Å²) in [7, 11) is 0. The van der Waals surface area contributed by atoms with Gasteiger partial charge in [-0.2, -0.15) is 0 Å². The zero-order chi connectivity index (χ0) is 25.5. The van der Waals surface area contributed by atoms with Gasteiger partial charge in [0.1, 0.15) is 24.7 Å². The number of ether oxygens (including phenoxy) is 3. The van der Waals surface area contributed by atoms with Crippen LogP contribution in [0.2, 0.25) is 0 Å². The van der Waals surface area contributed by atoms with Crippen molar-refractivity contribution >= 4 is 44.1 Å². The van der Waals surface area contributed by atoms with Gasteiger partial charge in [0.15, 0.2) is 16.6 Å². The molecular formula is C28H22N2O6S. The molecule has 1 saturated heterocycles. The molecule has 186 valence electrons. The summed E-state index contributed by atoms with van der Waals surface area (Å²) in [5.41, 5.74) is 1.70. The van der Waals surface area contributed by atoms with E-state index in [1.54, 1.807) is 18.2 Å². The van der Waals surface area contributed by atoms with E-state index in [4.69, 9.17) is 14.2 Å². The summed E-state index contributed by atoms with van der Waals surface area (Å²) < 4.78 is 17.6. The van der Waals surface area contributed by atoms with Crippen molar-refractivity contribution in [1.82, 2.24) is 4.98 Å². The maximum atomic E-state index is 13.4. The number of thiazole rings is 1. The Morgan fingerprint density at radius 1 is 1.05 bits per heavy atom. The Morgan fingerprint density at radius 2 is 1.84 bits per heavy atom. The molecule has 1 amide bonds. The number of amides is 1. The lowest BCUT2D eigenvalue weighted by Gasteiger charge is -2.23. The van der Waals surface area contributed by atoms with Crippen LogP contribution in [0.1, 0.15) is 24.1 Å². The van der Waals surface area contributed by atoms with Gasteiger partial charge >= 0.3 is 5.91 Å². The SMILES string of the molecule is CCOc1ccc2nc(N3C(=O)C(=O)/C(=C(/O)c4ccc5c(c4)OCCO5)C3c3ccccc3)sc2c1. The van der Waals surface area contributed by atoms with Gasteiger partial charge in [0.2, 0.25) is 0 Å². The summed E-state index contributed by atoms with van der Waals surface area (Å²) in [5.74, 6) is -0.0924. The number of carbonyl (C=O) groups is 2. The molecule has 4 aromatic rings. The van der Waals surface area contributed by atoms with Crippen molar-refractivity contribution in [3.05, 3.63) is 83.4 Å². The van der Waals surface area contributed by atoms with Crippen molar-refractivity contribution in [2.24, 2.45) is 0 Å².